The number of anilines is 1. The number of H-pyrrole nitrogens is 1. The van der Waals surface area contributed by atoms with Crippen LogP contribution in [0.1, 0.15) is 27.9 Å². The predicted molar refractivity (Wildman–Crippen MR) is 106 cm³/mol. The van der Waals surface area contributed by atoms with E-state index in [-0.39, 0.29) is 10.5 Å². The smallest absolute Gasteiger partial charge is 0.267 e. The van der Waals surface area contributed by atoms with Crippen LogP contribution in [0.3, 0.4) is 0 Å². The van der Waals surface area contributed by atoms with Gasteiger partial charge in [0, 0.05) is 17.7 Å². The van der Waals surface area contributed by atoms with Gasteiger partial charge in [-0.05, 0) is 67.8 Å². The minimum atomic E-state index is -3.68. The Morgan fingerprint density at radius 1 is 0.963 bits per heavy atom. The summed E-state index contributed by atoms with van der Waals surface area (Å²) in [7, 11) is -3.68. The molecule has 1 aromatic heterocycles. The van der Waals surface area contributed by atoms with Crippen LogP contribution in [0.4, 0.5) is 5.69 Å². The molecule has 0 bridgehead atoms. The van der Waals surface area contributed by atoms with Crippen LogP contribution in [0.15, 0.2) is 58.2 Å². The summed E-state index contributed by atoms with van der Waals surface area (Å²) in [6.45, 7) is 5.71. The van der Waals surface area contributed by atoms with E-state index in [0.29, 0.717) is 17.7 Å². The van der Waals surface area contributed by atoms with Crippen molar-refractivity contribution in [1.82, 2.24) is 10.2 Å². The lowest BCUT2D eigenvalue weighted by Crippen LogP contribution is -2.15. The van der Waals surface area contributed by atoms with Crippen LogP contribution in [0, 0.1) is 20.8 Å². The van der Waals surface area contributed by atoms with Gasteiger partial charge < -0.3 is 0 Å². The molecule has 140 valence electrons. The van der Waals surface area contributed by atoms with Crippen LogP contribution in [-0.4, -0.2) is 18.6 Å². The van der Waals surface area contributed by atoms with Gasteiger partial charge in [-0.2, -0.15) is 5.10 Å². The zero-order valence-corrected chi connectivity index (χ0v) is 16.2. The fourth-order valence-electron chi connectivity index (χ4n) is 2.72. The molecular weight excluding hydrogens is 362 g/mol. The molecule has 0 saturated carbocycles. The second-order valence-electron chi connectivity index (χ2n) is 6.59. The summed E-state index contributed by atoms with van der Waals surface area (Å²) >= 11 is 0. The summed E-state index contributed by atoms with van der Waals surface area (Å²) in [6.07, 6.45) is 0.406. The van der Waals surface area contributed by atoms with Crippen molar-refractivity contribution < 1.29 is 8.42 Å². The Bertz CT molecular complexity index is 1130. The molecule has 0 spiro atoms. The third-order valence-corrected chi connectivity index (χ3v) is 5.79. The molecule has 0 atom stereocenters. The predicted octanol–water partition coefficient (Wildman–Crippen LogP) is 3.09. The number of aromatic nitrogens is 2. The molecule has 7 heteroatoms. The summed E-state index contributed by atoms with van der Waals surface area (Å²) in [5, 5.41) is 6.30. The van der Waals surface area contributed by atoms with Crippen LogP contribution in [0.5, 0.6) is 0 Å². The number of aromatic amines is 1. The number of benzene rings is 2. The Labute approximate surface area is 158 Å². The zero-order valence-electron chi connectivity index (χ0n) is 15.4. The standard InChI is InChI=1S/C20H21N3O3S/c1-13-4-7-18(10-14(13)2)23-27(25,26)19-8-5-16(6-9-19)12-17-11-15(3)21-22-20(17)24/h4-11,23H,12H2,1-3H3,(H,22,24). The molecule has 2 N–H and O–H groups in total. The Morgan fingerprint density at radius 2 is 1.67 bits per heavy atom. The number of hydrogen-bond donors (Lipinski definition) is 2. The first-order chi connectivity index (χ1) is 12.7. The summed E-state index contributed by atoms with van der Waals surface area (Å²) in [4.78, 5) is 12.0. The van der Waals surface area contributed by atoms with Crippen LogP contribution in [0.2, 0.25) is 0 Å². The molecule has 0 aliphatic carbocycles. The van der Waals surface area contributed by atoms with Crippen molar-refractivity contribution in [3.05, 3.63) is 86.8 Å². The van der Waals surface area contributed by atoms with E-state index in [1.54, 1.807) is 49.4 Å². The van der Waals surface area contributed by atoms with E-state index in [1.165, 1.54) is 0 Å². The van der Waals surface area contributed by atoms with E-state index >= 15 is 0 Å². The Hall–Kier alpha value is -2.93. The van der Waals surface area contributed by atoms with Crippen LogP contribution in [0.25, 0.3) is 0 Å². The molecule has 1 heterocycles. The minimum Gasteiger partial charge on any atom is -0.280 e. The maximum absolute atomic E-state index is 12.6. The largest absolute Gasteiger partial charge is 0.280 e. The molecule has 0 saturated heterocycles. The second kappa shape index (κ2) is 7.36. The third-order valence-electron chi connectivity index (χ3n) is 4.40. The third kappa shape index (κ3) is 4.43. The van der Waals surface area contributed by atoms with E-state index in [9.17, 15) is 13.2 Å². The van der Waals surface area contributed by atoms with Gasteiger partial charge in [-0.1, -0.05) is 18.2 Å². The Kier molecular flexibility index (Phi) is 5.14. The van der Waals surface area contributed by atoms with Crippen molar-refractivity contribution in [3.8, 4) is 0 Å². The Balaban J connectivity index is 1.80. The monoisotopic (exact) mass is 383 g/mol. The summed E-state index contributed by atoms with van der Waals surface area (Å²) in [6, 6.07) is 13.7. The highest BCUT2D eigenvalue weighted by molar-refractivity contribution is 7.92. The van der Waals surface area contributed by atoms with Gasteiger partial charge in [0.1, 0.15) is 0 Å². The number of sulfonamides is 1. The first-order valence-corrected chi connectivity index (χ1v) is 9.97. The molecule has 0 fully saturated rings. The van der Waals surface area contributed by atoms with Crippen molar-refractivity contribution >= 4 is 15.7 Å². The molecular formula is C20H21N3O3S. The molecule has 0 radical (unpaired) electrons. The second-order valence-corrected chi connectivity index (χ2v) is 8.27. The number of aryl methyl sites for hydroxylation is 3. The number of hydrogen-bond acceptors (Lipinski definition) is 4. The highest BCUT2D eigenvalue weighted by atomic mass is 32.2. The van der Waals surface area contributed by atoms with Gasteiger partial charge in [0.15, 0.2) is 0 Å². The molecule has 2 aromatic carbocycles. The average Bonchev–Trinajstić information content (AvgIpc) is 2.61. The SMILES string of the molecule is Cc1cc(Cc2ccc(S(=O)(=O)Nc3ccc(C)c(C)c3)cc2)c(=O)[nH]n1. The van der Waals surface area contributed by atoms with Gasteiger partial charge in [0.25, 0.3) is 15.6 Å². The van der Waals surface area contributed by atoms with Crippen molar-refractivity contribution in [2.24, 2.45) is 0 Å². The zero-order chi connectivity index (χ0) is 19.6. The van der Waals surface area contributed by atoms with Crippen molar-refractivity contribution in [2.45, 2.75) is 32.1 Å². The first-order valence-electron chi connectivity index (χ1n) is 8.49. The lowest BCUT2D eigenvalue weighted by molar-refractivity contribution is 0.601. The summed E-state index contributed by atoms with van der Waals surface area (Å²) in [5.74, 6) is 0. The maximum atomic E-state index is 12.6. The van der Waals surface area contributed by atoms with E-state index in [0.717, 1.165) is 22.4 Å². The van der Waals surface area contributed by atoms with E-state index < -0.39 is 10.0 Å². The van der Waals surface area contributed by atoms with Crippen LogP contribution >= 0.6 is 0 Å². The van der Waals surface area contributed by atoms with E-state index in [2.05, 4.69) is 14.9 Å². The average molecular weight is 383 g/mol. The molecule has 3 aromatic rings. The Morgan fingerprint density at radius 3 is 2.33 bits per heavy atom. The van der Waals surface area contributed by atoms with Gasteiger partial charge >= 0.3 is 0 Å². The molecule has 0 aliphatic rings. The van der Waals surface area contributed by atoms with Crippen LogP contribution < -0.4 is 10.3 Å². The van der Waals surface area contributed by atoms with E-state index in [4.69, 9.17) is 0 Å². The molecule has 6 nitrogen and oxygen atoms in total. The van der Waals surface area contributed by atoms with Gasteiger partial charge in [-0.3, -0.25) is 9.52 Å². The topological polar surface area (TPSA) is 91.9 Å². The highest BCUT2D eigenvalue weighted by Gasteiger charge is 2.14. The lowest BCUT2D eigenvalue weighted by atomic mass is 10.1. The van der Waals surface area contributed by atoms with Crippen molar-refractivity contribution in [2.75, 3.05) is 4.72 Å². The fraction of sp³-hybridized carbons (Fsp3) is 0.200. The molecule has 0 unspecified atom stereocenters. The normalized spacial score (nSPS) is 11.4. The van der Waals surface area contributed by atoms with Crippen LogP contribution in [-0.2, 0) is 16.4 Å². The van der Waals surface area contributed by atoms with Gasteiger partial charge in [-0.15, -0.1) is 0 Å². The highest BCUT2D eigenvalue weighted by Crippen LogP contribution is 2.20. The quantitative estimate of drug-likeness (QED) is 0.708. The number of rotatable bonds is 5. The van der Waals surface area contributed by atoms with Crippen molar-refractivity contribution in [1.29, 1.82) is 0 Å². The minimum absolute atomic E-state index is 0.171. The number of nitrogens with one attached hydrogen (secondary N) is 2. The molecule has 0 aliphatic heterocycles. The molecule has 27 heavy (non-hydrogen) atoms. The van der Waals surface area contributed by atoms with E-state index in [1.807, 2.05) is 19.9 Å². The summed E-state index contributed by atoms with van der Waals surface area (Å²) < 4.78 is 27.8. The summed E-state index contributed by atoms with van der Waals surface area (Å²) in [5.41, 5.74) is 4.56. The van der Waals surface area contributed by atoms with Crippen molar-refractivity contribution in [3.63, 3.8) is 0 Å². The maximum Gasteiger partial charge on any atom is 0.267 e. The van der Waals surface area contributed by atoms with Gasteiger partial charge in [0.2, 0.25) is 0 Å². The van der Waals surface area contributed by atoms with Gasteiger partial charge in [-0.25, -0.2) is 13.5 Å². The lowest BCUT2D eigenvalue weighted by Gasteiger charge is -2.10. The molecule has 0 amide bonds. The number of nitrogens with zero attached hydrogens (tertiary/aromatic N) is 1. The fourth-order valence-corrected chi connectivity index (χ4v) is 3.77. The first kappa shape index (κ1) is 18.8. The molecule has 3 rings (SSSR count). The van der Waals surface area contributed by atoms with Gasteiger partial charge in [0.05, 0.1) is 10.6 Å².